The Labute approximate surface area is 112 Å². The first-order valence-corrected chi connectivity index (χ1v) is 6.89. The van der Waals surface area contributed by atoms with Crippen molar-refractivity contribution in [3.05, 3.63) is 0 Å². The summed E-state index contributed by atoms with van der Waals surface area (Å²) in [6.45, 7) is 2.36. The number of rotatable bonds is 6. The summed E-state index contributed by atoms with van der Waals surface area (Å²) in [6.07, 6.45) is 8.85. The predicted octanol–water partition coefficient (Wildman–Crippen LogP) is 3.52. The van der Waals surface area contributed by atoms with Gasteiger partial charge < -0.3 is 5.11 Å². The van der Waals surface area contributed by atoms with Gasteiger partial charge in [-0.25, -0.2) is 0 Å². The minimum atomic E-state index is 0.321. The average molecular weight is 244 g/mol. The number of hydrogen-bond acceptors (Lipinski definition) is 1. The molecule has 0 radical (unpaired) electrons. The van der Waals surface area contributed by atoms with Crippen LogP contribution in [0.25, 0.3) is 0 Å². The maximum Gasteiger partial charge on any atom is 0.0702 e. The van der Waals surface area contributed by atoms with E-state index in [9.17, 15) is 0 Å². The van der Waals surface area contributed by atoms with Crippen molar-refractivity contribution in [2.75, 3.05) is 6.61 Å². The molecule has 1 nitrogen and oxygen atoms in total. The first-order chi connectivity index (χ1) is 8.91. The van der Waals surface area contributed by atoms with Gasteiger partial charge in [-0.3, -0.25) is 0 Å². The zero-order valence-electron chi connectivity index (χ0n) is 11.5. The molecule has 0 aromatic heterocycles. The first kappa shape index (κ1) is 16.6. The summed E-state index contributed by atoms with van der Waals surface area (Å²) in [6, 6.07) is 0. The number of unbranched alkanes of at least 4 members (excludes halogenated alkanes) is 5. The molecular formula is C17H24O. The second-order valence-corrected chi connectivity index (χ2v) is 4.01. The van der Waals surface area contributed by atoms with Gasteiger partial charge in [0.05, 0.1) is 12.8 Å². The minimum absolute atomic E-state index is 0.321. The molecule has 98 valence electrons. The van der Waals surface area contributed by atoms with E-state index in [1.807, 2.05) is 6.92 Å². The van der Waals surface area contributed by atoms with Crippen LogP contribution in [0.3, 0.4) is 0 Å². The van der Waals surface area contributed by atoms with Gasteiger partial charge >= 0.3 is 0 Å². The Balaban J connectivity index is 3.33. The zero-order chi connectivity index (χ0) is 13.3. The molecule has 0 fully saturated rings. The summed E-state index contributed by atoms with van der Waals surface area (Å²) in [7, 11) is 0. The monoisotopic (exact) mass is 244 g/mol. The lowest BCUT2D eigenvalue weighted by Crippen LogP contribution is -1.83. The van der Waals surface area contributed by atoms with Gasteiger partial charge in [0.25, 0.3) is 0 Å². The van der Waals surface area contributed by atoms with Gasteiger partial charge in [-0.05, 0) is 12.8 Å². The fourth-order valence-electron chi connectivity index (χ4n) is 1.41. The number of hydrogen-bond donors (Lipinski definition) is 1. The lowest BCUT2D eigenvalue weighted by Gasteiger charge is -1.95. The van der Waals surface area contributed by atoms with Gasteiger partial charge in [0.15, 0.2) is 0 Å². The summed E-state index contributed by atoms with van der Waals surface area (Å²) >= 11 is 0. The van der Waals surface area contributed by atoms with Crippen molar-refractivity contribution >= 4 is 0 Å². The number of aliphatic hydroxyl groups excluding tert-OH is 1. The zero-order valence-corrected chi connectivity index (χ0v) is 11.5. The highest BCUT2D eigenvalue weighted by Gasteiger charge is 1.87. The third-order valence-corrected chi connectivity index (χ3v) is 2.37. The number of aliphatic hydroxyl groups is 1. The van der Waals surface area contributed by atoms with Crippen LogP contribution in [0.5, 0.6) is 0 Å². The summed E-state index contributed by atoms with van der Waals surface area (Å²) in [4.78, 5) is 0. The Hall–Kier alpha value is -1.36. The van der Waals surface area contributed by atoms with Crippen LogP contribution < -0.4 is 0 Å². The quantitative estimate of drug-likeness (QED) is 0.560. The van der Waals surface area contributed by atoms with Gasteiger partial charge in [0.1, 0.15) is 0 Å². The van der Waals surface area contributed by atoms with Crippen LogP contribution in [-0.4, -0.2) is 11.7 Å². The van der Waals surface area contributed by atoms with Crippen molar-refractivity contribution < 1.29 is 5.11 Å². The molecule has 1 heteroatoms. The summed E-state index contributed by atoms with van der Waals surface area (Å²) in [5, 5.41) is 8.61. The molecule has 0 saturated carbocycles. The molecule has 0 rings (SSSR count). The fourth-order valence-corrected chi connectivity index (χ4v) is 1.41. The molecule has 0 amide bonds. The third-order valence-electron chi connectivity index (χ3n) is 2.37. The Bertz CT molecular complexity index is 348. The highest BCUT2D eigenvalue weighted by Crippen LogP contribution is 2.04. The Morgan fingerprint density at radius 3 is 1.89 bits per heavy atom. The van der Waals surface area contributed by atoms with Crippen LogP contribution in [0.15, 0.2) is 0 Å². The molecule has 0 unspecified atom stereocenters. The van der Waals surface area contributed by atoms with Crippen molar-refractivity contribution in [2.45, 2.75) is 64.7 Å². The summed E-state index contributed by atoms with van der Waals surface area (Å²) in [5.41, 5.74) is 0. The molecule has 0 aliphatic rings. The molecule has 0 heterocycles. The maximum absolute atomic E-state index is 8.61. The van der Waals surface area contributed by atoms with Crippen LogP contribution >= 0.6 is 0 Å². The van der Waals surface area contributed by atoms with Gasteiger partial charge in [-0.15, -0.1) is 11.8 Å². The Morgan fingerprint density at radius 1 is 0.667 bits per heavy atom. The van der Waals surface area contributed by atoms with Crippen LogP contribution in [0, 0.1) is 35.5 Å². The van der Waals surface area contributed by atoms with Crippen molar-refractivity contribution in [3.8, 4) is 35.5 Å². The van der Waals surface area contributed by atoms with Crippen LogP contribution in [-0.2, 0) is 0 Å². The molecule has 0 aromatic rings. The highest BCUT2D eigenvalue weighted by atomic mass is 16.2. The molecule has 0 aliphatic heterocycles. The molecule has 0 aliphatic carbocycles. The van der Waals surface area contributed by atoms with Crippen LogP contribution in [0.2, 0.25) is 0 Å². The predicted molar refractivity (Wildman–Crippen MR) is 77.6 cm³/mol. The molecule has 0 spiro atoms. The van der Waals surface area contributed by atoms with Gasteiger partial charge in [0.2, 0.25) is 0 Å². The van der Waals surface area contributed by atoms with E-state index in [0.717, 1.165) is 32.1 Å². The van der Waals surface area contributed by atoms with Gasteiger partial charge in [-0.1, -0.05) is 49.9 Å². The highest BCUT2D eigenvalue weighted by molar-refractivity contribution is 5.15. The molecule has 0 atom stereocenters. The minimum Gasteiger partial charge on any atom is -0.396 e. The van der Waals surface area contributed by atoms with Crippen LogP contribution in [0.1, 0.15) is 64.7 Å². The normalized spacial score (nSPS) is 8.33. The second kappa shape index (κ2) is 15.6. The molecular weight excluding hydrogens is 220 g/mol. The molecule has 0 bridgehead atoms. The first-order valence-electron chi connectivity index (χ1n) is 6.89. The van der Waals surface area contributed by atoms with E-state index in [-0.39, 0.29) is 0 Å². The summed E-state index contributed by atoms with van der Waals surface area (Å²) < 4.78 is 0. The van der Waals surface area contributed by atoms with E-state index in [4.69, 9.17) is 5.11 Å². The van der Waals surface area contributed by atoms with E-state index in [0.29, 0.717) is 19.4 Å². The smallest absolute Gasteiger partial charge is 0.0702 e. The van der Waals surface area contributed by atoms with Crippen molar-refractivity contribution in [3.63, 3.8) is 0 Å². The van der Waals surface area contributed by atoms with E-state index in [2.05, 4.69) is 35.5 Å². The Morgan fingerprint density at radius 2 is 1.22 bits per heavy atom. The average Bonchev–Trinajstić information content (AvgIpc) is 2.39. The third kappa shape index (κ3) is 14.6. The van der Waals surface area contributed by atoms with E-state index < -0.39 is 0 Å². The Kier molecular flexibility index (Phi) is 14.5. The van der Waals surface area contributed by atoms with Crippen molar-refractivity contribution in [1.82, 2.24) is 0 Å². The topological polar surface area (TPSA) is 20.2 Å². The fraction of sp³-hybridized carbons (Fsp3) is 0.647. The SMILES string of the molecule is CCC#CCC#CCC#CCCCCCCCO. The molecule has 18 heavy (non-hydrogen) atoms. The van der Waals surface area contributed by atoms with E-state index in [1.54, 1.807) is 0 Å². The summed E-state index contributed by atoms with van der Waals surface area (Å²) in [5.74, 6) is 18.2. The molecule has 1 N–H and O–H groups in total. The second-order valence-electron chi connectivity index (χ2n) is 4.01. The lowest BCUT2D eigenvalue weighted by atomic mass is 10.1. The molecule has 0 saturated heterocycles. The van der Waals surface area contributed by atoms with Crippen LogP contribution in [0.4, 0.5) is 0 Å². The van der Waals surface area contributed by atoms with E-state index in [1.165, 1.54) is 12.8 Å². The van der Waals surface area contributed by atoms with Gasteiger partial charge in [-0.2, -0.15) is 0 Å². The lowest BCUT2D eigenvalue weighted by molar-refractivity contribution is 0.282. The molecule has 0 aromatic carbocycles. The van der Waals surface area contributed by atoms with E-state index >= 15 is 0 Å². The van der Waals surface area contributed by atoms with Crippen molar-refractivity contribution in [2.24, 2.45) is 0 Å². The van der Waals surface area contributed by atoms with Crippen molar-refractivity contribution in [1.29, 1.82) is 0 Å². The standard InChI is InChI=1S/C17H24O/c1-2-3-4-5-6-7-8-9-10-11-12-13-14-15-16-17-18/h18H,2,5,8,11-17H2,1H3. The largest absolute Gasteiger partial charge is 0.396 e. The maximum atomic E-state index is 8.61. The van der Waals surface area contributed by atoms with Gasteiger partial charge in [0, 0.05) is 19.4 Å².